The lowest BCUT2D eigenvalue weighted by atomic mass is 10.2. The van der Waals surface area contributed by atoms with Crippen molar-refractivity contribution in [1.82, 2.24) is 9.97 Å². The first-order valence-corrected chi connectivity index (χ1v) is 8.33. The van der Waals surface area contributed by atoms with E-state index in [0.29, 0.717) is 23.1 Å². The minimum atomic E-state index is -0.555. The van der Waals surface area contributed by atoms with Gasteiger partial charge in [0.1, 0.15) is 23.7 Å². The molecule has 1 amide bonds. The molecule has 8 heteroatoms. The van der Waals surface area contributed by atoms with E-state index < -0.39 is 11.7 Å². The first kappa shape index (κ1) is 18.1. The molecule has 0 unspecified atom stereocenters. The maximum Gasteiger partial charge on any atom is 0.274 e. The number of hydrogen-bond acceptors (Lipinski definition) is 4. The van der Waals surface area contributed by atoms with Gasteiger partial charge in [0.25, 0.3) is 5.91 Å². The van der Waals surface area contributed by atoms with Gasteiger partial charge in [-0.1, -0.05) is 35.3 Å². The molecule has 0 bridgehead atoms. The van der Waals surface area contributed by atoms with Crippen molar-refractivity contribution in [3.8, 4) is 0 Å². The van der Waals surface area contributed by atoms with Gasteiger partial charge in [0.2, 0.25) is 0 Å². The molecule has 0 spiro atoms. The number of carbonyl (C=O) groups excluding carboxylic acids is 1. The smallest absolute Gasteiger partial charge is 0.274 e. The highest BCUT2D eigenvalue weighted by Crippen LogP contribution is 2.20. The molecule has 3 aromatic rings. The number of anilines is 2. The largest absolute Gasteiger partial charge is 0.366 e. The third kappa shape index (κ3) is 4.68. The van der Waals surface area contributed by atoms with Crippen LogP contribution in [0.2, 0.25) is 10.0 Å². The molecule has 0 radical (unpaired) electrons. The van der Waals surface area contributed by atoms with E-state index in [1.807, 2.05) is 12.1 Å². The Kier molecular flexibility index (Phi) is 5.65. The first-order valence-electron chi connectivity index (χ1n) is 7.58. The molecule has 3 rings (SSSR count). The van der Waals surface area contributed by atoms with E-state index in [0.717, 1.165) is 5.56 Å². The number of halogens is 3. The Labute approximate surface area is 159 Å². The van der Waals surface area contributed by atoms with E-state index in [9.17, 15) is 9.18 Å². The Bertz CT molecular complexity index is 935. The molecule has 0 fully saturated rings. The van der Waals surface area contributed by atoms with Crippen molar-refractivity contribution in [2.45, 2.75) is 6.54 Å². The molecule has 0 atom stereocenters. The van der Waals surface area contributed by atoms with E-state index in [-0.39, 0.29) is 10.7 Å². The number of rotatable bonds is 5. The van der Waals surface area contributed by atoms with Crippen LogP contribution < -0.4 is 10.6 Å². The third-order valence-corrected chi connectivity index (χ3v) is 4.01. The van der Waals surface area contributed by atoms with Crippen LogP contribution in [-0.4, -0.2) is 15.9 Å². The number of aromatic nitrogens is 2. The van der Waals surface area contributed by atoms with E-state index in [1.165, 1.54) is 30.6 Å². The lowest BCUT2D eigenvalue weighted by Gasteiger charge is -2.08. The quantitative estimate of drug-likeness (QED) is 0.657. The summed E-state index contributed by atoms with van der Waals surface area (Å²) >= 11 is 11.6. The lowest BCUT2D eigenvalue weighted by molar-refractivity contribution is 0.102. The molecule has 26 heavy (non-hydrogen) atoms. The Morgan fingerprint density at radius 2 is 1.81 bits per heavy atom. The molecule has 0 aliphatic carbocycles. The minimum Gasteiger partial charge on any atom is -0.366 e. The van der Waals surface area contributed by atoms with Gasteiger partial charge in [0.05, 0.1) is 5.02 Å². The van der Waals surface area contributed by atoms with Gasteiger partial charge in [-0.15, -0.1) is 0 Å². The van der Waals surface area contributed by atoms with Crippen LogP contribution in [0.1, 0.15) is 16.1 Å². The monoisotopic (exact) mass is 390 g/mol. The fourth-order valence-electron chi connectivity index (χ4n) is 2.14. The van der Waals surface area contributed by atoms with Crippen molar-refractivity contribution in [1.29, 1.82) is 0 Å². The fourth-order valence-corrected chi connectivity index (χ4v) is 2.45. The number of carbonyl (C=O) groups is 1. The number of benzene rings is 2. The van der Waals surface area contributed by atoms with Crippen LogP contribution in [0.15, 0.2) is 54.9 Å². The van der Waals surface area contributed by atoms with E-state index in [4.69, 9.17) is 23.2 Å². The average molecular weight is 391 g/mol. The summed E-state index contributed by atoms with van der Waals surface area (Å²) < 4.78 is 13.2. The summed E-state index contributed by atoms with van der Waals surface area (Å²) in [4.78, 5) is 20.3. The molecule has 1 aromatic heterocycles. The molecule has 0 saturated carbocycles. The number of nitrogens with one attached hydrogen (secondary N) is 2. The molecule has 1 heterocycles. The maximum absolute atomic E-state index is 13.2. The fraction of sp³-hybridized carbons (Fsp3) is 0.0556. The topological polar surface area (TPSA) is 66.9 Å². The van der Waals surface area contributed by atoms with E-state index >= 15 is 0 Å². The highest BCUT2D eigenvalue weighted by Gasteiger charge is 2.10. The summed E-state index contributed by atoms with van der Waals surface area (Å²) in [5.74, 6) is -0.512. The predicted octanol–water partition coefficient (Wildman–Crippen LogP) is 4.79. The summed E-state index contributed by atoms with van der Waals surface area (Å²) in [5, 5.41) is 6.31. The minimum absolute atomic E-state index is 0.0733. The zero-order chi connectivity index (χ0) is 18.5. The van der Waals surface area contributed by atoms with Crippen molar-refractivity contribution in [2.75, 3.05) is 10.6 Å². The highest BCUT2D eigenvalue weighted by atomic mass is 35.5. The van der Waals surface area contributed by atoms with Crippen molar-refractivity contribution < 1.29 is 9.18 Å². The Hall–Kier alpha value is -2.70. The zero-order valence-corrected chi connectivity index (χ0v) is 14.9. The first-order chi connectivity index (χ1) is 12.5. The van der Waals surface area contributed by atoms with Crippen LogP contribution in [0.5, 0.6) is 0 Å². The Morgan fingerprint density at radius 1 is 1.04 bits per heavy atom. The van der Waals surface area contributed by atoms with E-state index in [2.05, 4.69) is 20.6 Å². The molecule has 132 valence electrons. The molecular formula is C18H13Cl2FN4O. The van der Waals surface area contributed by atoms with Crippen LogP contribution >= 0.6 is 23.2 Å². The molecule has 0 aliphatic heterocycles. The standard InChI is InChI=1S/C18H13Cl2FN4O/c19-12-3-1-11(2-4-12)9-22-17-8-16(23-10-24-17)18(26)25-13-5-6-15(21)14(20)7-13/h1-8,10H,9H2,(H,25,26)(H,22,23,24). The molecule has 0 aliphatic rings. The highest BCUT2D eigenvalue weighted by molar-refractivity contribution is 6.31. The summed E-state index contributed by atoms with van der Waals surface area (Å²) in [5.41, 5.74) is 1.55. The molecule has 5 nitrogen and oxygen atoms in total. The van der Waals surface area contributed by atoms with Gasteiger partial charge in [0, 0.05) is 23.3 Å². The zero-order valence-electron chi connectivity index (χ0n) is 13.3. The van der Waals surface area contributed by atoms with Crippen molar-refractivity contribution in [3.05, 3.63) is 82.0 Å². The van der Waals surface area contributed by atoms with Gasteiger partial charge in [-0.2, -0.15) is 0 Å². The second-order valence-electron chi connectivity index (χ2n) is 5.35. The van der Waals surface area contributed by atoms with Gasteiger partial charge in [-0.25, -0.2) is 14.4 Å². The summed E-state index contributed by atoms with van der Waals surface area (Å²) in [7, 11) is 0. The van der Waals surface area contributed by atoms with Crippen molar-refractivity contribution in [2.24, 2.45) is 0 Å². The van der Waals surface area contributed by atoms with E-state index in [1.54, 1.807) is 12.1 Å². The van der Waals surface area contributed by atoms with Crippen LogP contribution in [0.25, 0.3) is 0 Å². The third-order valence-electron chi connectivity index (χ3n) is 3.46. The number of nitrogens with zero attached hydrogens (tertiary/aromatic N) is 2. The Morgan fingerprint density at radius 3 is 2.54 bits per heavy atom. The normalized spacial score (nSPS) is 10.4. The molecule has 2 aromatic carbocycles. The number of hydrogen-bond donors (Lipinski definition) is 2. The van der Waals surface area contributed by atoms with Crippen LogP contribution in [0.3, 0.4) is 0 Å². The summed E-state index contributed by atoms with van der Waals surface area (Å²) in [6.07, 6.45) is 1.29. The predicted molar refractivity (Wildman–Crippen MR) is 100 cm³/mol. The van der Waals surface area contributed by atoms with Crippen LogP contribution in [-0.2, 0) is 6.54 Å². The van der Waals surface area contributed by atoms with Gasteiger partial charge in [-0.05, 0) is 35.9 Å². The van der Waals surface area contributed by atoms with Crippen LogP contribution in [0, 0.1) is 5.82 Å². The average Bonchev–Trinajstić information content (AvgIpc) is 2.64. The molecular weight excluding hydrogens is 378 g/mol. The summed E-state index contributed by atoms with van der Waals surface area (Å²) in [6, 6.07) is 12.8. The number of amides is 1. The molecule has 0 saturated heterocycles. The van der Waals surface area contributed by atoms with Crippen molar-refractivity contribution in [3.63, 3.8) is 0 Å². The molecule has 2 N–H and O–H groups in total. The van der Waals surface area contributed by atoms with Gasteiger partial charge in [0.15, 0.2) is 0 Å². The van der Waals surface area contributed by atoms with Gasteiger partial charge < -0.3 is 10.6 Å². The Balaban J connectivity index is 1.66. The lowest BCUT2D eigenvalue weighted by Crippen LogP contribution is -2.14. The van der Waals surface area contributed by atoms with Crippen molar-refractivity contribution >= 4 is 40.6 Å². The van der Waals surface area contributed by atoms with Crippen LogP contribution in [0.4, 0.5) is 15.9 Å². The second-order valence-corrected chi connectivity index (χ2v) is 6.20. The summed E-state index contributed by atoms with van der Waals surface area (Å²) in [6.45, 7) is 0.517. The second kappa shape index (κ2) is 8.12. The SMILES string of the molecule is O=C(Nc1ccc(F)c(Cl)c1)c1cc(NCc2ccc(Cl)cc2)ncn1. The maximum atomic E-state index is 13.2. The van der Waals surface area contributed by atoms with Gasteiger partial charge >= 0.3 is 0 Å². The van der Waals surface area contributed by atoms with Gasteiger partial charge in [-0.3, -0.25) is 4.79 Å².